The van der Waals surface area contributed by atoms with Gasteiger partial charge in [-0.2, -0.15) is 13.2 Å². The SMILES string of the molecule is CN1CCC=C(c2c[nH]c3c(C(F)(F)F)cccc23)C1. The van der Waals surface area contributed by atoms with Crippen LogP contribution in [0.15, 0.2) is 30.5 Å². The molecular weight excluding hydrogens is 265 g/mol. The van der Waals surface area contributed by atoms with E-state index >= 15 is 0 Å². The quantitative estimate of drug-likeness (QED) is 0.839. The number of aromatic amines is 1. The number of alkyl halides is 3. The summed E-state index contributed by atoms with van der Waals surface area (Å²) in [6, 6.07) is 4.32. The van der Waals surface area contributed by atoms with Gasteiger partial charge in [-0.15, -0.1) is 0 Å². The molecule has 1 N–H and O–H groups in total. The highest BCUT2D eigenvalue weighted by atomic mass is 19.4. The summed E-state index contributed by atoms with van der Waals surface area (Å²) in [6.07, 6.45) is 0.393. The molecule has 0 radical (unpaired) electrons. The number of nitrogens with one attached hydrogen (secondary N) is 1. The summed E-state index contributed by atoms with van der Waals surface area (Å²) in [5.74, 6) is 0. The smallest absolute Gasteiger partial charge is 0.360 e. The molecule has 106 valence electrons. The molecule has 20 heavy (non-hydrogen) atoms. The van der Waals surface area contributed by atoms with Gasteiger partial charge in [-0.1, -0.05) is 18.2 Å². The van der Waals surface area contributed by atoms with E-state index in [9.17, 15) is 13.2 Å². The molecular formula is C15H15F3N2. The van der Waals surface area contributed by atoms with Crippen LogP contribution in [0.5, 0.6) is 0 Å². The molecule has 0 saturated carbocycles. The highest BCUT2D eigenvalue weighted by Crippen LogP contribution is 2.37. The first kappa shape index (κ1) is 13.2. The minimum absolute atomic E-state index is 0.170. The third-order valence-corrected chi connectivity index (χ3v) is 3.71. The maximum atomic E-state index is 13.0. The third kappa shape index (κ3) is 2.22. The van der Waals surface area contributed by atoms with Crippen LogP contribution in [0, 0.1) is 0 Å². The van der Waals surface area contributed by atoms with Crippen LogP contribution >= 0.6 is 0 Å². The molecule has 1 aliphatic heterocycles. The molecule has 0 fully saturated rings. The number of likely N-dealkylation sites (N-methyl/N-ethyl adjacent to an activating group) is 1. The normalized spacial score (nSPS) is 17.5. The summed E-state index contributed by atoms with van der Waals surface area (Å²) in [5.41, 5.74) is 1.53. The van der Waals surface area contributed by atoms with Crippen molar-refractivity contribution < 1.29 is 13.2 Å². The Morgan fingerprint density at radius 2 is 2.05 bits per heavy atom. The first-order chi connectivity index (χ1) is 9.47. The van der Waals surface area contributed by atoms with E-state index in [-0.39, 0.29) is 5.52 Å². The molecule has 0 bridgehead atoms. The summed E-state index contributed by atoms with van der Waals surface area (Å²) >= 11 is 0. The molecule has 2 heterocycles. The minimum atomic E-state index is -4.33. The topological polar surface area (TPSA) is 19.0 Å². The number of benzene rings is 1. The van der Waals surface area contributed by atoms with Gasteiger partial charge in [0.15, 0.2) is 0 Å². The van der Waals surface area contributed by atoms with Gasteiger partial charge < -0.3 is 9.88 Å². The molecule has 1 aromatic heterocycles. The Kier molecular flexibility index (Phi) is 3.09. The molecule has 1 aromatic carbocycles. The highest BCUT2D eigenvalue weighted by molar-refractivity contribution is 5.95. The van der Waals surface area contributed by atoms with Crippen LogP contribution in [0.2, 0.25) is 0 Å². The second-order valence-electron chi connectivity index (χ2n) is 5.18. The minimum Gasteiger partial charge on any atom is -0.360 e. The first-order valence-electron chi connectivity index (χ1n) is 6.52. The van der Waals surface area contributed by atoms with Gasteiger partial charge in [0.05, 0.1) is 11.1 Å². The zero-order chi connectivity index (χ0) is 14.3. The van der Waals surface area contributed by atoms with E-state index in [2.05, 4.69) is 16.0 Å². The van der Waals surface area contributed by atoms with Gasteiger partial charge in [0.25, 0.3) is 0 Å². The van der Waals surface area contributed by atoms with Gasteiger partial charge in [0.1, 0.15) is 0 Å². The number of hydrogen-bond acceptors (Lipinski definition) is 1. The van der Waals surface area contributed by atoms with Crippen molar-refractivity contribution in [2.24, 2.45) is 0 Å². The fourth-order valence-corrected chi connectivity index (χ4v) is 2.74. The van der Waals surface area contributed by atoms with Gasteiger partial charge in [-0.25, -0.2) is 0 Å². The Morgan fingerprint density at radius 1 is 1.25 bits per heavy atom. The maximum Gasteiger partial charge on any atom is 0.418 e. The van der Waals surface area contributed by atoms with Crippen molar-refractivity contribution in [1.29, 1.82) is 0 Å². The number of rotatable bonds is 1. The van der Waals surface area contributed by atoms with Crippen LogP contribution in [0.25, 0.3) is 16.5 Å². The second kappa shape index (κ2) is 4.66. The van der Waals surface area contributed by atoms with Crippen molar-refractivity contribution in [3.8, 4) is 0 Å². The number of nitrogens with zero attached hydrogens (tertiary/aromatic N) is 1. The number of hydrogen-bond donors (Lipinski definition) is 1. The number of H-pyrrole nitrogens is 1. The van der Waals surface area contributed by atoms with E-state index in [4.69, 9.17) is 0 Å². The number of fused-ring (bicyclic) bond motifs is 1. The van der Waals surface area contributed by atoms with E-state index in [1.54, 1.807) is 12.3 Å². The van der Waals surface area contributed by atoms with Crippen molar-refractivity contribution >= 4 is 16.5 Å². The van der Waals surface area contributed by atoms with Crippen LogP contribution < -0.4 is 0 Å². The molecule has 2 aromatic rings. The van der Waals surface area contributed by atoms with Gasteiger partial charge >= 0.3 is 6.18 Å². The van der Waals surface area contributed by atoms with Crippen LogP contribution in [-0.4, -0.2) is 30.0 Å². The van der Waals surface area contributed by atoms with Crippen molar-refractivity contribution in [3.05, 3.63) is 41.6 Å². The van der Waals surface area contributed by atoms with Crippen molar-refractivity contribution in [3.63, 3.8) is 0 Å². The van der Waals surface area contributed by atoms with Crippen molar-refractivity contribution in [1.82, 2.24) is 9.88 Å². The Hall–Kier alpha value is -1.75. The van der Waals surface area contributed by atoms with E-state index in [1.807, 2.05) is 7.05 Å². The lowest BCUT2D eigenvalue weighted by atomic mass is 9.99. The van der Waals surface area contributed by atoms with E-state index < -0.39 is 11.7 Å². The summed E-state index contributed by atoms with van der Waals surface area (Å²) in [7, 11) is 2.02. The molecule has 0 unspecified atom stereocenters. The molecule has 2 nitrogen and oxygen atoms in total. The van der Waals surface area contributed by atoms with E-state index in [0.717, 1.165) is 36.7 Å². The van der Waals surface area contributed by atoms with Gasteiger partial charge in [-0.3, -0.25) is 0 Å². The molecule has 0 spiro atoms. The van der Waals surface area contributed by atoms with Crippen molar-refractivity contribution in [2.75, 3.05) is 20.1 Å². The fraction of sp³-hybridized carbons (Fsp3) is 0.333. The summed E-state index contributed by atoms with van der Waals surface area (Å²) in [6.45, 7) is 1.75. The van der Waals surface area contributed by atoms with Crippen LogP contribution in [0.1, 0.15) is 17.5 Å². The van der Waals surface area contributed by atoms with Gasteiger partial charge in [-0.05, 0) is 25.1 Å². The number of para-hydroxylation sites is 1. The maximum absolute atomic E-state index is 13.0. The lowest BCUT2D eigenvalue weighted by Gasteiger charge is -2.22. The van der Waals surface area contributed by atoms with Crippen LogP contribution in [-0.2, 0) is 6.18 Å². The average molecular weight is 280 g/mol. The third-order valence-electron chi connectivity index (χ3n) is 3.71. The monoisotopic (exact) mass is 280 g/mol. The van der Waals surface area contributed by atoms with E-state index in [0.29, 0.717) is 5.39 Å². The molecule has 0 saturated heterocycles. The number of halogens is 3. The molecule has 5 heteroatoms. The molecule has 0 aliphatic carbocycles. The average Bonchev–Trinajstić information content (AvgIpc) is 2.81. The van der Waals surface area contributed by atoms with Gasteiger partial charge in [0, 0.05) is 30.2 Å². The lowest BCUT2D eigenvalue weighted by molar-refractivity contribution is -0.136. The number of aromatic nitrogens is 1. The summed E-state index contributed by atoms with van der Waals surface area (Å²) < 4.78 is 39.0. The summed E-state index contributed by atoms with van der Waals surface area (Å²) in [4.78, 5) is 4.96. The van der Waals surface area contributed by atoms with E-state index in [1.165, 1.54) is 6.07 Å². The second-order valence-corrected chi connectivity index (χ2v) is 5.18. The Morgan fingerprint density at radius 3 is 2.75 bits per heavy atom. The highest BCUT2D eigenvalue weighted by Gasteiger charge is 2.33. The zero-order valence-electron chi connectivity index (χ0n) is 11.1. The largest absolute Gasteiger partial charge is 0.418 e. The Bertz CT molecular complexity index is 667. The predicted octanol–water partition coefficient (Wildman–Crippen LogP) is 3.91. The van der Waals surface area contributed by atoms with Crippen LogP contribution in [0.3, 0.4) is 0 Å². The summed E-state index contributed by atoms with van der Waals surface area (Å²) in [5, 5.41) is 0.640. The zero-order valence-corrected chi connectivity index (χ0v) is 11.1. The predicted molar refractivity (Wildman–Crippen MR) is 73.4 cm³/mol. The molecule has 0 atom stereocenters. The Labute approximate surface area is 114 Å². The lowest BCUT2D eigenvalue weighted by Crippen LogP contribution is -2.24. The molecule has 0 amide bonds. The Balaban J connectivity index is 2.13. The van der Waals surface area contributed by atoms with Gasteiger partial charge in [0.2, 0.25) is 0 Å². The standard InChI is InChI=1S/C15H15F3N2/c1-20-7-3-4-10(9-20)12-8-19-14-11(12)5-2-6-13(14)15(16,17)18/h2,4-6,8,19H,3,7,9H2,1H3. The first-order valence-corrected chi connectivity index (χ1v) is 6.52. The fourth-order valence-electron chi connectivity index (χ4n) is 2.74. The molecule has 1 aliphatic rings. The van der Waals surface area contributed by atoms with Crippen LogP contribution in [0.4, 0.5) is 13.2 Å². The van der Waals surface area contributed by atoms with Crippen molar-refractivity contribution in [2.45, 2.75) is 12.6 Å². The molecule has 3 rings (SSSR count).